The van der Waals surface area contributed by atoms with Crippen molar-refractivity contribution in [3.8, 4) is 0 Å². The summed E-state index contributed by atoms with van der Waals surface area (Å²) in [4.78, 5) is 3.09. The van der Waals surface area contributed by atoms with Gasteiger partial charge in [0.05, 0.1) is 0 Å². The van der Waals surface area contributed by atoms with E-state index in [1.807, 2.05) is 23.5 Å². The fraction of sp³-hybridized carbons (Fsp3) is 0.412. The summed E-state index contributed by atoms with van der Waals surface area (Å²) in [6.07, 6.45) is 5.27. The molecule has 20 heavy (non-hydrogen) atoms. The second kappa shape index (κ2) is 6.30. The molecular formula is C17H20ClNS. The van der Waals surface area contributed by atoms with Crippen LogP contribution in [0.2, 0.25) is 5.02 Å². The van der Waals surface area contributed by atoms with Crippen LogP contribution in [0.4, 0.5) is 0 Å². The predicted octanol–water partition coefficient (Wildman–Crippen LogP) is 5.13. The van der Waals surface area contributed by atoms with Crippen molar-refractivity contribution in [2.24, 2.45) is 0 Å². The maximum absolute atomic E-state index is 5.91. The zero-order valence-electron chi connectivity index (χ0n) is 11.8. The minimum absolute atomic E-state index is 0.418. The molecule has 1 aromatic carbocycles. The lowest BCUT2D eigenvalue weighted by molar-refractivity contribution is 0.582. The van der Waals surface area contributed by atoms with Crippen molar-refractivity contribution in [1.82, 2.24) is 5.32 Å². The third kappa shape index (κ3) is 3.25. The van der Waals surface area contributed by atoms with Crippen LogP contribution in [0, 0.1) is 0 Å². The molecule has 0 radical (unpaired) electrons. The van der Waals surface area contributed by atoms with Crippen LogP contribution in [0.25, 0.3) is 0 Å². The number of benzene rings is 1. The number of fused-ring (bicyclic) bond motifs is 1. The molecule has 0 spiro atoms. The van der Waals surface area contributed by atoms with Crippen molar-refractivity contribution in [3.05, 3.63) is 56.2 Å². The zero-order valence-corrected chi connectivity index (χ0v) is 13.4. The quantitative estimate of drug-likeness (QED) is 0.825. The first-order valence-electron chi connectivity index (χ1n) is 7.31. The van der Waals surface area contributed by atoms with E-state index >= 15 is 0 Å². The van der Waals surface area contributed by atoms with Gasteiger partial charge < -0.3 is 5.32 Å². The van der Waals surface area contributed by atoms with E-state index in [0.29, 0.717) is 6.04 Å². The third-order valence-electron chi connectivity index (χ3n) is 3.97. The van der Waals surface area contributed by atoms with Crippen LogP contribution in [0.5, 0.6) is 0 Å². The molecule has 1 N–H and O–H groups in total. The number of thiophene rings is 1. The van der Waals surface area contributed by atoms with Gasteiger partial charge in [-0.25, -0.2) is 0 Å². The average molecular weight is 306 g/mol. The number of hydrogen-bond acceptors (Lipinski definition) is 2. The maximum atomic E-state index is 5.91. The molecule has 0 saturated heterocycles. The van der Waals surface area contributed by atoms with Crippen molar-refractivity contribution in [2.75, 3.05) is 0 Å². The van der Waals surface area contributed by atoms with Crippen molar-refractivity contribution >= 4 is 22.9 Å². The summed E-state index contributed by atoms with van der Waals surface area (Å²) < 4.78 is 0. The van der Waals surface area contributed by atoms with Gasteiger partial charge in [-0.15, -0.1) is 11.3 Å². The zero-order chi connectivity index (χ0) is 13.9. The smallest absolute Gasteiger partial charge is 0.0406 e. The molecule has 3 heteroatoms. The van der Waals surface area contributed by atoms with Gasteiger partial charge in [0.1, 0.15) is 0 Å². The summed E-state index contributed by atoms with van der Waals surface area (Å²) in [5.41, 5.74) is 2.87. The van der Waals surface area contributed by atoms with Crippen LogP contribution < -0.4 is 5.32 Å². The lowest BCUT2D eigenvalue weighted by atomic mass is 9.99. The van der Waals surface area contributed by atoms with E-state index in [0.717, 1.165) is 11.6 Å². The van der Waals surface area contributed by atoms with Gasteiger partial charge in [0.2, 0.25) is 0 Å². The number of aryl methyl sites for hydroxylation is 2. The normalized spacial score (nSPS) is 15.9. The average Bonchev–Trinajstić information content (AvgIpc) is 2.90. The molecule has 0 saturated carbocycles. The number of nitrogens with one attached hydrogen (secondary N) is 1. The summed E-state index contributed by atoms with van der Waals surface area (Å²) in [5, 5.41) is 4.41. The number of rotatable bonds is 4. The molecule has 1 atom stereocenters. The molecule has 106 valence electrons. The fourth-order valence-corrected chi connectivity index (χ4v) is 4.11. The van der Waals surface area contributed by atoms with Crippen molar-refractivity contribution in [2.45, 2.75) is 45.2 Å². The van der Waals surface area contributed by atoms with Crippen LogP contribution in [-0.4, -0.2) is 0 Å². The SMILES string of the molecule is CC(NCc1ccc(Cl)cc1)c1cc2c(s1)CCCC2. The molecule has 1 unspecified atom stereocenters. The topological polar surface area (TPSA) is 12.0 Å². The summed E-state index contributed by atoms with van der Waals surface area (Å²) >= 11 is 7.91. The van der Waals surface area contributed by atoms with E-state index in [9.17, 15) is 0 Å². The second-order valence-electron chi connectivity index (χ2n) is 5.53. The molecule has 1 nitrogen and oxygen atoms in total. The Morgan fingerprint density at radius 1 is 1.20 bits per heavy atom. The molecule has 2 aromatic rings. The molecule has 1 aliphatic carbocycles. The van der Waals surface area contributed by atoms with Crippen LogP contribution in [0.1, 0.15) is 46.7 Å². The lowest BCUT2D eigenvalue weighted by Gasteiger charge is -2.12. The maximum Gasteiger partial charge on any atom is 0.0406 e. The Hall–Kier alpha value is -0.830. The summed E-state index contributed by atoms with van der Waals surface area (Å²) in [5.74, 6) is 0. The largest absolute Gasteiger partial charge is 0.305 e. The van der Waals surface area contributed by atoms with E-state index < -0.39 is 0 Å². The highest BCUT2D eigenvalue weighted by Crippen LogP contribution is 2.32. The first kappa shape index (κ1) is 14.1. The van der Waals surface area contributed by atoms with E-state index in [2.05, 4.69) is 30.4 Å². The third-order valence-corrected chi connectivity index (χ3v) is 5.64. The molecule has 1 aromatic heterocycles. The molecule has 0 fully saturated rings. The number of hydrogen-bond donors (Lipinski definition) is 1. The molecule has 1 heterocycles. The second-order valence-corrected chi connectivity index (χ2v) is 7.14. The van der Waals surface area contributed by atoms with Gasteiger partial charge in [0, 0.05) is 27.4 Å². The Kier molecular flexibility index (Phi) is 4.45. The highest BCUT2D eigenvalue weighted by Gasteiger charge is 2.16. The molecular weight excluding hydrogens is 286 g/mol. The van der Waals surface area contributed by atoms with Crippen LogP contribution in [-0.2, 0) is 19.4 Å². The summed E-state index contributed by atoms with van der Waals surface area (Å²) in [6, 6.07) is 10.9. The monoisotopic (exact) mass is 305 g/mol. The Balaban J connectivity index is 1.62. The minimum atomic E-state index is 0.418. The first-order valence-corrected chi connectivity index (χ1v) is 8.51. The minimum Gasteiger partial charge on any atom is -0.305 e. The summed E-state index contributed by atoms with van der Waals surface area (Å²) in [6.45, 7) is 3.15. The predicted molar refractivity (Wildman–Crippen MR) is 87.7 cm³/mol. The molecule has 3 rings (SSSR count). The van der Waals surface area contributed by atoms with Gasteiger partial charge in [-0.3, -0.25) is 0 Å². The van der Waals surface area contributed by atoms with Crippen LogP contribution >= 0.6 is 22.9 Å². The van der Waals surface area contributed by atoms with Gasteiger partial charge in [0.15, 0.2) is 0 Å². The molecule has 0 bridgehead atoms. The van der Waals surface area contributed by atoms with Gasteiger partial charge in [-0.05, 0) is 61.9 Å². The molecule has 0 aliphatic heterocycles. The highest BCUT2D eigenvalue weighted by molar-refractivity contribution is 7.12. The van der Waals surface area contributed by atoms with Gasteiger partial charge in [-0.2, -0.15) is 0 Å². The van der Waals surface area contributed by atoms with Crippen LogP contribution in [0.3, 0.4) is 0 Å². The van der Waals surface area contributed by atoms with E-state index in [1.54, 1.807) is 10.4 Å². The number of halogens is 1. The first-order chi connectivity index (χ1) is 9.72. The Labute approximate surface area is 130 Å². The van der Waals surface area contributed by atoms with Crippen molar-refractivity contribution < 1.29 is 0 Å². The van der Waals surface area contributed by atoms with Gasteiger partial charge >= 0.3 is 0 Å². The van der Waals surface area contributed by atoms with Crippen molar-refractivity contribution in [1.29, 1.82) is 0 Å². The Morgan fingerprint density at radius 3 is 2.70 bits per heavy atom. The Bertz CT molecular complexity index is 550. The van der Waals surface area contributed by atoms with E-state index in [1.165, 1.54) is 36.1 Å². The van der Waals surface area contributed by atoms with E-state index in [4.69, 9.17) is 11.6 Å². The fourth-order valence-electron chi connectivity index (χ4n) is 2.70. The lowest BCUT2D eigenvalue weighted by Crippen LogP contribution is -2.17. The van der Waals surface area contributed by atoms with Gasteiger partial charge in [-0.1, -0.05) is 23.7 Å². The summed E-state index contributed by atoms with van der Waals surface area (Å²) in [7, 11) is 0. The molecule has 1 aliphatic rings. The van der Waals surface area contributed by atoms with E-state index in [-0.39, 0.29) is 0 Å². The highest BCUT2D eigenvalue weighted by atomic mass is 35.5. The van der Waals surface area contributed by atoms with Crippen molar-refractivity contribution in [3.63, 3.8) is 0 Å². The van der Waals surface area contributed by atoms with Crippen LogP contribution in [0.15, 0.2) is 30.3 Å². The standard InChI is InChI=1S/C17H20ClNS/c1-12(19-11-13-6-8-15(18)9-7-13)17-10-14-4-2-3-5-16(14)20-17/h6-10,12,19H,2-5,11H2,1H3. The van der Waals surface area contributed by atoms with Gasteiger partial charge in [0.25, 0.3) is 0 Å². The molecule has 0 amide bonds. The Morgan fingerprint density at radius 2 is 1.95 bits per heavy atom.